The molecule has 0 bridgehead atoms. The lowest BCUT2D eigenvalue weighted by Crippen LogP contribution is -2.37. The molecule has 8 heteroatoms. The van der Waals surface area contributed by atoms with Crippen molar-refractivity contribution in [3.05, 3.63) is 47.8 Å². The smallest absolute Gasteiger partial charge is 0.410 e. The monoisotopic (exact) mass is 423 g/mol. The molecule has 8 nitrogen and oxygen atoms in total. The van der Waals surface area contributed by atoms with Crippen LogP contribution in [-0.4, -0.2) is 58.6 Å². The maximum atomic E-state index is 12.5. The van der Waals surface area contributed by atoms with Gasteiger partial charge in [-0.2, -0.15) is 0 Å². The second kappa shape index (κ2) is 8.17. The first-order valence-electron chi connectivity index (χ1n) is 10.6. The third-order valence-corrected chi connectivity index (χ3v) is 5.61. The normalized spacial score (nSPS) is 20.5. The van der Waals surface area contributed by atoms with Crippen molar-refractivity contribution >= 4 is 23.6 Å². The SMILES string of the molecule is Cc1cccc(C(=O)Nc2cncc(N3CC4CN(C(=O)OC(C)(C)C)CC4C3)n2)c1. The van der Waals surface area contributed by atoms with E-state index in [9.17, 15) is 9.59 Å². The van der Waals surface area contributed by atoms with Crippen LogP contribution in [0.2, 0.25) is 0 Å². The predicted molar refractivity (Wildman–Crippen MR) is 118 cm³/mol. The quantitative estimate of drug-likeness (QED) is 0.815. The minimum absolute atomic E-state index is 0.207. The summed E-state index contributed by atoms with van der Waals surface area (Å²) in [5.41, 5.74) is 1.13. The van der Waals surface area contributed by atoms with Gasteiger partial charge in [0.1, 0.15) is 11.4 Å². The number of aromatic nitrogens is 2. The maximum Gasteiger partial charge on any atom is 0.410 e. The fourth-order valence-electron chi connectivity index (χ4n) is 4.20. The van der Waals surface area contributed by atoms with Gasteiger partial charge in [-0.25, -0.2) is 9.78 Å². The van der Waals surface area contributed by atoms with Gasteiger partial charge in [-0.1, -0.05) is 17.7 Å². The van der Waals surface area contributed by atoms with Crippen molar-refractivity contribution in [1.82, 2.24) is 14.9 Å². The molecule has 2 saturated heterocycles. The number of benzene rings is 1. The van der Waals surface area contributed by atoms with E-state index < -0.39 is 5.60 Å². The Kier molecular flexibility index (Phi) is 5.56. The lowest BCUT2D eigenvalue weighted by atomic mass is 10.0. The summed E-state index contributed by atoms with van der Waals surface area (Å²) in [6.45, 7) is 10.6. The Morgan fingerprint density at radius 2 is 1.81 bits per heavy atom. The van der Waals surface area contributed by atoms with Crippen LogP contribution < -0.4 is 10.2 Å². The maximum absolute atomic E-state index is 12.5. The molecule has 2 aliphatic rings. The predicted octanol–water partition coefficient (Wildman–Crippen LogP) is 3.34. The molecule has 31 heavy (non-hydrogen) atoms. The van der Waals surface area contributed by atoms with Crippen molar-refractivity contribution in [3.8, 4) is 0 Å². The highest BCUT2D eigenvalue weighted by molar-refractivity contribution is 6.03. The zero-order valence-electron chi connectivity index (χ0n) is 18.5. The molecule has 2 aliphatic heterocycles. The molecule has 1 aromatic heterocycles. The van der Waals surface area contributed by atoms with Gasteiger partial charge in [0.05, 0.1) is 12.4 Å². The molecule has 2 atom stereocenters. The van der Waals surface area contributed by atoms with Crippen LogP contribution in [0.15, 0.2) is 36.7 Å². The summed E-state index contributed by atoms with van der Waals surface area (Å²) in [4.78, 5) is 37.7. The molecule has 3 heterocycles. The number of rotatable bonds is 3. The molecule has 0 radical (unpaired) electrons. The molecular weight excluding hydrogens is 394 g/mol. The van der Waals surface area contributed by atoms with Crippen LogP contribution in [0.3, 0.4) is 0 Å². The second-order valence-corrected chi connectivity index (χ2v) is 9.40. The average Bonchev–Trinajstić information content (AvgIpc) is 3.26. The summed E-state index contributed by atoms with van der Waals surface area (Å²) >= 11 is 0. The first kappa shape index (κ1) is 21.1. The Morgan fingerprint density at radius 1 is 1.10 bits per heavy atom. The van der Waals surface area contributed by atoms with Gasteiger partial charge in [0.25, 0.3) is 5.91 Å². The van der Waals surface area contributed by atoms with Crippen LogP contribution in [0, 0.1) is 18.8 Å². The Balaban J connectivity index is 1.37. The highest BCUT2D eigenvalue weighted by Crippen LogP contribution is 2.34. The van der Waals surface area contributed by atoms with Crippen molar-refractivity contribution in [1.29, 1.82) is 0 Å². The largest absolute Gasteiger partial charge is 0.444 e. The summed E-state index contributed by atoms with van der Waals surface area (Å²) < 4.78 is 5.51. The van der Waals surface area contributed by atoms with Gasteiger partial charge >= 0.3 is 6.09 Å². The first-order chi connectivity index (χ1) is 14.7. The van der Waals surface area contributed by atoms with Gasteiger partial charge < -0.3 is 19.9 Å². The van der Waals surface area contributed by atoms with Crippen molar-refractivity contribution in [3.63, 3.8) is 0 Å². The molecule has 0 saturated carbocycles. The average molecular weight is 424 g/mol. The standard InChI is InChI=1S/C23H29N5O3/c1-15-6-5-7-16(8-15)21(29)26-19-9-24-10-20(25-19)27-11-17-13-28(14-18(17)12-27)22(30)31-23(2,3)4/h5-10,17-18H,11-14H2,1-4H3,(H,25,26,29). The number of nitrogens with one attached hydrogen (secondary N) is 1. The van der Waals surface area contributed by atoms with E-state index in [0.29, 0.717) is 36.3 Å². The zero-order valence-corrected chi connectivity index (χ0v) is 18.5. The number of carbonyl (C=O) groups excluding carboxylic acids is 2. The molecule has 0 aliphatic carbocycles. The van der Waals surface area contributed by atoms with Gasteiger partial charge in [-0.3, -0.25) is 9.78 Å². The Hall–Kier alpha value is -3.16. The lowest BCUT2D eigenvalue weighted by Gasteiger charge is -2.26. The van der Waals surface area contributed by atoms with Crippen LogP contribution in [-0.2, 0) is 4.74 Å². The van der Waals surface area contributed by atoms with Crippen molar-refractivity contribution in [2.24, 2.45) is 11.8 Å². The van der Waals surface area contributed by atoms with Gasteiger partial charge in [0, 0.05) is 43.6 Å². The number of likely N-dealkylation sites (tertiary alicyclic amines) is 1. The minimum Gasteiger partial charge on any atom is -0.444 e. The molecule has 0 spiro atoms. The zero-order chi connectivity index (χ0) is 22.2. The number of aryl methyl sites for hydroxylation is 1. The van der Waals surface area contributed by atoms with E-state index in [1.165, 1.54) is 0 Å². The summed E-state index contributed by atoms with van der Waals surface area (Å²) in [6.07, 6.45) is 3.03. The number of amides is 2. The number of hydrogen-bond donors (Lipinski definition) is 1. The molecular formula is C23H29N5O3. The second-order valence-electron chi connectivity index (χ2n) is 9.40. The van der Waals surface area contributed by atoms with E-state index in [1.54, 1.807) is 18.5 Å². The molecule has 2 fully saturated rings. The van der Waals surface area contributed by atoms with E-state index in [0.717, 1.165) is 24.5 Å². The highest BCUT2D eigenvalue weighted by Gasteiger charge is 2.43. The van der Waals surface area contributed by atoms with E-state index in [2.05, 4.69) is 20.2 Å². The topological polar surface area (TPSA) is 87.7 Å². The fourth-order valence-corrected chi connectivity index (χ4v) is 4.20. The van der Waals surface area contributed by atoms with Crippen molar-refractivity contribution < 1.29 is 14.3 Å². The molecule has 4 rings (SSSR count). The van der Waals surface area contributed by atoms with Crippen LogP contribution in [0.4, 0.5) is 16.4 Å². The molecule has 2 aromatic rings. The molecule has 2 unspecified atom stereocenters. The Bertz CT molecular complexity index is 973. The Labute approximate surface area is 182 Å². The number of carbonyl (C=O) groups is 2. The summed E-state index contributed by atoms with van der Waals surface area (Å²) in [5.74, 6) is 1.71. The van der Waals surface area contributed by atoms with E-state index >= 15 is 0 Å². The van der Waals surface area contributed by atoms with Crippen LogP contribution in [0.25, 0.3) is 0 Å². The van der Waals surface area contributed by atoms with Gasteiger partial charge in [0.2, 0.25) is 0 Å². The molecule has 1 aromatic carbocycles. The van der Waals surface area contributed by atoms with Crippen LogP contribution >= 0.6 is 0 Å². The molecule has 1 N–H and O–H groups in total. The Morgan fingerprint density at radius 3 is 2.45 bits per heavy atom. The summed E-state index contributed by atoms with van der Waals surface area (Å²) in [6, 6.07) is 7.42. The first-order valence-corrected chi connectivity index (χ1v) is 10.6. The van der Waals surface area contributed by atoms with Gasteiger partial charge in [-0.15, -0.1) is 0 Å². The summed E-state index contributed by atoms with van der Waals surface area (Å²) in [7, 11) is 0. The van der Waals surface area contributed by atoms with Gasteiger partial charge in [0.15, 0.2) is 5.82 Å². The third kappa shape index (κ3) is 4.95. The molecule has 2 amide bonds. The minimum atomic E-state index is -0.486. The van der Waals surface area contributed by atoms with Crippen molar-refractivity contribution in [2.75, 3.05) is 36.4 Å². The van der Waals surface area contributed by atoms with Crippen molar-refractivity contribution in [2.45, 2.75) is 33.3 Å². The van der Waals surface area contributed by atoms with Crippen LogP contribution in [0.1, 0.15) is 36.7 Å². The van der Waals surface area contributed by atoms with E-state index in [-0.39, 0.29) is 12.0 Å². The number of ether oxygens (including phenoxy) is 1. The van der Waals surface area contributed by atoms with E-state index in [1.807, 2.05) is 50.8 Å². The summed E-state index contributed by atoms with van der Waals surface area (Å²) in [5, 5.41) is 2.83. The molecule has 164 valence electrons. The lowest BCUT2D eigenvalue weighted by molar-refractivity contribution is 0.0282. The number of anilines is 2. The number of nitrogens with zero attached hydrogens (tertiary/aromatic N) is 4. The fraction of sp³-hybridized carbons (Fsp3) is 0.478. The van der Waals surface area contributed by atoms with E-state index in [4.69, 9.17) is 4.74 Å². The van der Waals surface area contributed by atoms with Crippen LogP contribution in [0.5, 0.6) is 0 Å². The third-order valence-electron chi connectivity index (χ3n) is 5.61. The number of fused-ring (bicyclic) bond motifs is 1. The number of hydrogen-bond acceptors (Lipinski definition) is 6. The van der Waals surface area contributed by atoms with Gasteiger partial charge in [-0.05, 0) is 39.8 Å². The highest BCUT2D eigenvalue weighted by atomic mass is 16.6.